The molecule has 0 N–H and O–H groups in total. The summed E-state index contributed by atoms with van der Waals surface area (Å²) in [6.07, 6.45) is 6.11. The molecule has 0 aromatic heterocycles. The molecule has 0 fully saturated rings. The standard InChI is InChI=1S/C9H6O3/c10-7-4-6-2-1-3-12-9(6)5-8(7)11/h1-2,4-5H,3H2. The van der Waals surface area contributed by atoms with Gasteiger partial charge in [-0.3, -0.25) is 9.59 Å². The highest BCUT2D eigenvalue weighted by Gasteiger charge is 2.20. The van der Waals surface area contributed by atoms with Crippen LogP contribution in [0.15, 0.2) is 35.6 Å². The maximum absolute atomic E-state index is 10.9. The normalized spacial score (nSPS) is 21.0. The number of hydrogen-bond acceptors (Lipinski definition) is 3. The van der Waals surface area contributed by atoms with E-state index in [1.54, 1.807) is 12.2 Å². The number of hydrogen-bond donors (Lipinski definition) is 0. The van der Waals surface area contributed by atoms with Gasteiger partial charge in [0.2, 0.25) is 11.6 Å². The summed E-state index contributed by atoms with van der Waals surface area (Å²) in [5, 5.41) is 0. The van der Waals surface area contributed by atoms with Crippen molar-refractivity contribution in [2.45, 2.75) is 0 Å². The van der Waals surface area contributed by atoms with Crippen LogP contribution in [0, 0.1) is 0 Å². The fourth-order valence-electron chi connectivity index (χ4n) is 1.13. The molecule has 60 valence electrons. The minimum absolute atomic E-state index is 0.463. The van der Waals surface area contributed by atoms with Crippen molar-refractivity contribution in [2.75, 3.05) is 6.61 Å². The molecule has 1 heterocycles. The molecule has 0 unspecified atom stereocenters. The summed E-state index contributed by atoms with van der Waals surface area (Å²) in [5.74, 6) is -0.491. The highest BCUT2D eigenvalue weighted by Crippen LogP contribution is 2.20. The zero-order valence-electron chi connectivity index (χ0n) is 6.24. The van der Waals surface area contributed by atoms with Crippen LogP contribution in [0.2, 0.25) is 0 Å². The molecule has 0 aromatic carbocycles. The first-order valence-corrected chi connectivity index (χ1v) is 3.59. The minimum atomic E-state index is -0.510. The van der Waals surface area contributed by atoms with Crippen molar-refractivity contribution in [3.05, 3.63) is 35.6 Å². The number of carbonyl (C=O) groups is 2. The summed E-state index contributed by atoms with van der Waals surface area (Å²) in [6.45, 7) is 0.463. The molecule has 2 aliphatic rings. The Bertz CT molecular complexity index is 345. The number of allylic oxidation sites excluding steroid dienone is 3. The van der Waals surface area contributed by atoms with Gasteiger partial charge in [-0.25, -0.2) is 0 Å². The first-order valence-electron chi connectivity index (χ1n) is 3.59. The predicted octanol–water partition coefficient (Wildman–Crippen LogP) is 0.535. The molecule has 1 aliphatic carbocycles. The average molecular weight is 162 g/mol. The molecule has 1 aliphatic heterocycles. The number of ketones is 2. The van der Waals surface area contributed by atoms with E-state index in [1.165, 1.54) is 12.2 Å². The SMILES string of the molecule is O=C1C=C2C=CCOC2=CC1=O. The van der Waals surface area contributed by atoms with Crippen LogP contribution in [0.25, 0.3) is 0 Å². The lowest BCUT2D eigenvalue weighted by molar-refractivity contribution is -0.131. The Kier molecular flexibility index (Phi) is 1.43. The third-order valence-corrected chi connectivity index (χ3v) is 1.71. The quantitative estimate of drug-likeness (QED) is 0.385. The Morgan fingerprint density at radius 3 is 2.75 bits per heavy atom. The van der Waals surface area contributed by atoms with E-state index in [1.807, 2.05) is 0 Å². The predicted molar refractivity (Wildman–Crippen MR) is 41.3 cm³/mol. The topological polar surface area (TPSA) is 43.4 Å². The summed E-state index contributed by atoms with van der Waals surface area (Å²) < 4.78 is 5.13. The molecular formula is C9H6O3. The zero-order valence-corrected chi connectivity index (χ0v) is 6.24. The summed E-state index contributed by atoms with van der Waals surface area (Å²) in [5.41, 5.74) is 0.686. The van der Waals surface area contributed by atoms with Crippen molar-refractivity contribution in [1.29, 1.82) is 0 Å². The van der Waals surface area contributed by atoms with Gasteiger partial charge in [-0.2, -0.15) is 0 Å². The Hall–Kier alpha value is -1.64. The second kappa shape index (κ2) is 2.44. The maximum Gasteiger partial charge on any atom is 0.229 e. The lowest BCUT2D eigenvalue weighted by Crippen LogP contribution is -2.17. The third kappa shape index (κ3) is 0.993. The van der Waals surface area contributed by atoms with Crippen LogP contribution in [0.4, 0.5) is 0 Å². The van der Waals surface area contributed by atoms with Crippen LogP contribution >= 0.6 is 0 Å². The molecule has 0 spiro atoms. The van der Waals surface area contributed by atoms with Gasteiger partial charge >= 0.3 is 0 Å². The molecule has 0 radical (unpaired) electrons. The summed E-state index contributed by atoms with van der Waals surface area (Å²) in [6, 6.07) is 0. The maximum atomic E-state index is 10.9. The monoisotopic (exact) mass is 162 g/mol. The fourth-order valence-corrected chi connectivity index (χ4v) is 1.13. The summed E-state index contributed by atoms with van der Waals surface area (Å²) >= 11 is 0. The van der Waals surface area contributed by atoms with Crippen molar-refractivity contribution in [1.82, 2.24) is 0 Å². The molecular weight excluding hydrogens is 156 g/mol. The van der Waals surface area contributed by atoms with E-state index >= 15 is 0 Å². The van der Waals surface area contributed by atoms with Crippen LogP contribution < -0.4 is 0 Å². The molecule has 3 nitrogen and oxygen atoms in total. The lowest BCUT2D eigenvalue weighted by atomic mass is 10.0. The van der Waals surface area contributed by atoms with E-state index < -0.39 is 11.6 Å². The molecule has 0 saturated carbocycles. The first-order chi connectivity index (χ1) is 5.77. The van der Waals surface area contributed by atoms with E-state index in [2.05, 4.69) is 0 Å². The van der Waals surface area contributed by atoms with Crippen LogP contribution in [0.3, 0.4) is 0 Å². The Morgan fingerprint density at radius 1 is 1.17 bits per heavy atom. The third-order valence-electron chi connectivity index (χ3n) is 1.71. The molecule has 0 saturated heterocycles. The fraction of sp³-hybridized carbons (Fsp3) is 0.111. The Morgan fingerprint density at radius 2 is 1.92 bits per heavy atom. The molecule has 12 heavy (non-hydrogen) atoms. The molecule has 3 heteroatoms. The second-order valence-corrected chi connectivity index (χ2v) is 2.55. The lowest BCUT2D eigenvalue weighted by Gasteiger charge is -2.16. The van der Waals surface area contributed by atoms with E-state index in [4.69, 9.17) is 4.74 Å². The van der Waals surface area contributed by atoms with E-state index in [0.29, 0.717) is 17.9 Å². The average Bonchev–Trinajstić information content (AvgIpc) is 2.07. The van der Waals surface area contributed by atoms with Crippen LogP contribution in [0.5, 0.6) is 0 Å². The van der Waals surface area contributed by atoms with Crippen molar-refractivity contribution >= 4 is 11.6 Å². The molecule has 0 amide bonds. The largest absolute Gasteiger partial charge is 0.489 e. The number of rotatable bonds is 0. The van der Waals surface area contributed by atoms with E-state index in [0.717, 1.165) is 0 Å². The molecule has 0 atom stereocenters. The van der Waals surface area contributed by atoms with E-state index in [-0.39, 0.29) is 0 Å². The summed E-state index contributed by atoms with van der Waals surface area (Å²) in [7, 11) is 0. The van der Waals surface area contributed by atoms with Gasteiger partial charge in [0, 0.05) is 17.7 Å². The van der Waals surface area contributed by atoms with Crippen molar-refractivity contribution in [2.24, 2.45) is 0 Å². The van der Waals surface area contributed by atoms with Gasteiger partial charge in [-0.1, -0.05) is 6.08 Å². The smallest absolute Gasteiger partial charge is 0.229 e. The van der Waals surface area contributed by atoms with Crippen molar-refractivity contribution in [3.63, 3.8) is 0 Å². The number of fused-ring (bicyclic) bond motifs is 1. The van der Waals surface area contributed by atoms with E-state index in [9.17, 15) is 9.59 Å². The van der Waals surface area contributed by atoms with Crippen molar-refractivity contribution < 1.29 is 14.3 Å². The van der Waals surface area contributed by atoms with Crippen LogP contribution in [-0.4, -0.2) is 18.2 Å². The van der Waals surface area contributed by atoms with Crippen LogP contribution in [-0.2, 0) is 14.3 Å². The van der Waals surface area contributed by atoms with Gasteiger partial charge in [0.25, 0.3) is 0 Å². The Labute approximate surface area is 69.0 Å². The van der Waals surface area contributed by atoms with Gasteiger partial charge in [0.05, 0.1) is 0 Å². The summed E-state index contributed by atoms with van der Waals surface area (Å²) in [4.78, 5) is 21.8. The van der Waals surface area contributed by atoms with Gasteiger partial charge in [0.1, 0.15) is 12.4 Å². The highest BCUT2D eigenvalue weighted by molar-refractivity contribution is 6.46. The molecule has 2 rings (SSSR count). The van der Waals surface area contributed by atoms with Gasteiger partial charge in [-0.05, 0) is 6.08 Å². The van der Waals surface area contributed by atoms with Gasteiger partial charge in [-0.15, -0.1) is 0 Å². The highest BCUT2D eigenvalue weighted by atomic mass is 16.5. The molecule has 0 aromatic rings. The Balaban J connectivity index is 2.46. The van der Waals surface area contributed by atoms with Crippen molar-refractivity contribution in [3.8, 4) is 0 Å². The molecule has 0 bridgehead atoms. The zero-order chi connectivity index (χ0) is 8.55. The number of carbonyl (C=O) groups excluding carboxylic acids is 2. The second-order valence-electron chi connectivity index (χ2n) is 2.55. The minimum Gasteiger partial charge on any atom is -0.489 e. The first kappa shape index (κ1) is 7.03. The van der Waals surface area contributed by atoms with Gasteiger partial charge < -0.3 is 4.74 Å². The number of ether oxygens (including phenoxy) is 1. The van der Waals surface area contributed by atoms with Gasteiger partial charge in [0.15, 0.2) is 0 Å². The van der Waals surface area contributed by atoms with Crippen LogP contribution in [0.1, 0.15) is 0 Å².